The molecule has 0 saturated carbocycles. The average molecular weight is 371 g/mol. The number of carbonyl (C=O) groups is 3. The van der Waals surface area contributed by atoms with Crippen LogP contribution in [0, 0.1) is 11.8 Å². The molecule has 2 rings (SSSR count). The van der Waals surface area contributed by atoms with Crippen molar-refractivity contribution < 1.29 is 33.2 Å². The van der Waals surface area contributed by atoms with Crippen LogP contribution in [0.2, 0.25) is 0 Å². The highest BCUT2D eigenvalue weighted by Gasteiger charge is 2.32. The van der Waals surface area contributed by atoms with Crippen molar-refractivity contribution in [2.24, 2.45) is 11.8 Å². The van der Waals surface area contributed by atoms with Crippen LogP contribution in [-0.2, 0) is 20.8 Å². The molecule has 0 bridgehead atoms. The lowest BCUT2D eigenvalue weighted by Gasteiger charge is -2.24. The lowest BCUT2D eigenvalue weighted by Crippen LogP contribution is -2.43. The van der Waals surface area contributed by atoms with Gasteiger partial charge >= 0.3 is 0 Å². The number of Topliss-reactive ketones (excluding diaryl/α,β-unsaturated/α-hetero) is 1. The Labute approximate surface area is 168 Å². The highest BCUT2D eigenvalue weighted by molar-refractivity contribution is 5.92. The minimum absolute atomic E-state index is 0.0700. The fourth-order valence-corrected chi connectivity index (χ4v) is 2.53. The summed E-state index contributed by atoms with van der Waals surface area (Å²) in [4.78, 5) is 39.9. The van der Waals surface area contributed by atoms with Gasteiger partial charge < -0.3 is 15.3 Å². The first-order valence-electron chi connectivity index (χ1n) is 13.0. The van der Waals surface area contributed by atoms with Crippen LogP contribution in [0.1, 0.15) is 58.0 Å². The molecule has 4 atom stereocenters. The van der Waals surface area contributed by atoms with Crippen LogP contribution in [0.4, 0.5) is 0 Å². The average Bonchev–Trinajstić information content (AvgIpc) is 2.86. The van der Waals surface area contributed by atoms with Crippen molar-refractivity contribution >= 4 is 17.6 Å². The molecule has 1 aromatic carbocycles. The van der Waals surface area contributed by atoms with Gasteiger partial charge in [-0.05, 0) is 23.4 Å². The molecule has 0 aromatic heterocycles. The van der Waals surface area contributed by atoms with Gasteiger partial charge in [0.25, 0.3) is 0 Å². The number of likely N-dealkylation sites (N-methyl/N-ethyl adjacent to an activating group) is 1. The Morgan fingerprint density at radius 2 is 2.15 bits per heavy atom. The number of fused-ring (bicyclic) bond motifs is 1. The van der Waals surface area contributed by atoms with Gasteiger partial charge in [-0.2, -0.15) is 0 Å². The molecule has 6 heteroatoms. The summed E-state index contributed by atoms with van der Waals surface area (Å²) in [6.07, 6.45) is -4.61. The highest BCUT2D eigenvalue weighted by Crippen LogP contribution is 2.25. The van der Waals surface area contributed by atoms with Crippen LogP contribution in [-0.4, -0.2) is 47.3 Å². The molecule has 1 aliphatic rings. The third-order valence-electron chi connectivity index (χ3n) is 4.12. The Kier molecular flexibility index (Phi) is 3.32. The van der Waals surface area contributed by atoms with Gasteiger partial charge in [-0.1, -0.05) is 44.9 Å². The Hall–Kier alpha value is -2.21. The Balaban J connectivity index is 2.45. The van der Waals surface area contributed by atoms with Crippen molar-refractivity contribution in [1.29, 1.82) is 0 Å². The normalized spacial score (nSPS) is 30.2. The van der Waals surface area contributed by atoms with Gasteiger partial charge in [-0.25, -0.2) is 0 Å². The van der Waals surface area contributed by atoms with E-state index in [1.165, 1.54) is 11.9 Å². The maximum absolute atomic E-state index is 13.0. The SMILES string of the molecule is [2H]c1c([2H])c([2H])c2c(c1[2H])CCN(C)C(=O)[C@H]2NC(=O)[C@]([2H])(C)CC(=O)[C@@]([2H])(O)C([2H])(C)C([2H])([2H])[2H]. The van der Waals surface area contributed by atoms with E-state index in [-0.39, 0.29) is 30.1 Å². The third kappa shape index (κ3) is 4.49. The summed E-state index contributed by atoms with van der Waals surface area (Å²) in [5.41, 5.74) is -0.0705. The van der Waals surface area contributed by atoms with Crippen LogP contribution >= 0.6 is 0 Å². The zero-order valence-electron chi connectivity index (χ0n) is 24.8. The summed E-state index contributed by atoms with van der Waals surface area (Å²) >= 11 is 0. The molecule has 1 aliphatic heterocycles. The number of amides is 2. The monoisotopic (exact) mass is 370 g/mol. The van der Waals surface area contributed by atoms with E-state index in [2.05, 4.69) is 5.32 Å². The third-order valence-corrected chi connectivity index (χ3v) is 4.12. The van der Waals surface area contributed by atoms with E-state index in [4.69, 9.17) is 13.7 Å². The summed E-state index contributed by atoms with van der Waals surface area (Å²) in [6, 6.07) is -3.70. The van der Waals surface area contributed by atoms with Crippen molar-refractivity contribution in [3.63, 3.8) is 0 Å². The summed E-state index contributed by atoms with van der Waals surface area (Å²) < 4.78 is 78.4. The summed E-state index contributed by atoms with van der Waals surface area (Å²) in [5.74, 6) is -8.99. The van der Waals surface area contributed by atoms with Crippen LogP contribution in [0.25, 0.3) is 0 Å². The van der Waals surface area contributed by atoms with E-state index < -0.39 is 72.9 Å². The van der Waals surface area contributed by atoms with E-state index >= 15 is 0 Å². The van der Waals surface area contributed by atoms with Gasteiger partial charge in [-0.3, -0.25) is 14.4 Å². The molecule has 26 heavy (non-hydrogen) atoms. The van der Waals surface area contributed by atoms with Crippen molar-refractivity contribution in [3.8, 4) is 0 Å². The first-order chi connectivity index (χ1) is 16.1. The van der Waals surface area contributed by atoms with Crippen molar-refractivity contribution in [1.82, 2.24) is 10.2 Å². The number of hydrogen-bond donors (Lipinski definition) is 2. The molecule has 0 saturated heterocycles. The van der Waals surface area contributed by atoms with Crippen LogP contribution < -0.4 is 5.32 Å². The highest BCUT2D eigenvalue weighted by atomic mass is 16.3. The second-order valence-electron chi connectivity index (χ2n) is 6.16. The molecule has 1 heterocycles. The zero-order chi connectivity index (χ0) is 28.2. The zero-order valence-corrected chi connectivity index (χ0v) is 14.8. The number of aliphatic hydroxyl groups is 1. The number of nitrogens with one attached hydrogen (secondary N) is 1. The first kappa shape index (κ1) is 10.2. The maximum Gasteiger partial charge on any atom is 0.249 e. The smallest absolute Gasteiger partial charge is 0.249 e. The summed E-state index contributed by atoms with van der Waals surface area (Å²) in [5, 5.41) is 12.5. The van der Waals surface area contributed by atoms with E-state index in [1.807, 2.05) is 0 Å². The van der Waals surface area contributed by atoms with Gasteiger partial charge in [0, 0.05) is 32.8 Å². The van der Waals surface area contributed by atoms with Crippen molar-refractivity contribution in [3.05, 3.63) is 35.3 Å². The van der Waals surface area contributed by atoms with E-state index in [0.29, 0.717) is 6.92 Å². The standard InChI is InChI=1S/C20H28N2O4/c1-12(2)18(24)16(23)11-13(3)19(25)21-17-15-8-6-5-7-14(15)9-10-22(4)20(17)26/h5-8,12-13,17-18,24H,9-11H2,1-4H3,(H,21,25)/t13-,17+,18+/m1/s1/i1D3,5D,6D,7D,8D,12D,13D,18D/t12?,13-,17+,18+. The van der Waals surface area contributed by atoms with Crippen molar-refractivity contribution in [2.45, 2.75) is 45.7 Å². The molecule has 0 aliphatic carbocycles. The molecule has 1 aromatic rings. The van der Waals surface area contributed by atoms with Crippen LogP contribution in [0.5, 0.6) is 0 Å². The molecule has 1 unspecified atom stereocenters. The number of benzene rings is 1. The molecule has 2 N–H and O–H groups in total. The minimum Gasteiger partial charge on any atom is -0.385 e. The summed E-state index contributed by atoms with van der Waals surface area (Å²) in [6.45, 7) is -1.57. The molecule has 0 spiro atoms. The molecular weight excluding hydrogens is 332 g/mol. The second kappa shape index (κ2) is 8.45. The van der Waals surface area contributed by atoms with Gasteiger partial charge in [0.2, 0.25) is 11.8 Å². The predicted octanol–water partition coefficient (Wildman–Crippen LogP) is 1.47. The fraction of sp³-hybridized carbons (Fsp3) is 0.550. The van der Waals surface area contributed by atoms with Gasteiger partial charge in [0.1, 0.15) is 12.1 Å². The number of nitrogens with zero attached hydrogens (tertiary/aromatic N) is 1. The molecule has 0 fully saturated rings. The van der Waals surface area contributed by atoms with Crippen LogP contribution in [0.3, 0.4) is 0 Å². The second-order valence-corrected chi connectivity index (χ2v) is 6.16. The van der Waals surface area contributed by atoms with Crippen LogP contribution in [0.15, 0.2) is 24.2 Å². The lowest BCUT2D eigenvalue weighted by atomic mass is 9.94. The quantitative estimate of drug-likeness (QED) is 0.794. The molecule has 142 valence electrons. The predicted molar refractivity (Wildman–Crippen MR) is 98.3 cm³/mol. The van der Waals surface area contributed by atoms with Crippen molar-refractivity contribution in [2.75, 3.05) is 13.6 Å². The largest absolute Gasteiger partial charge is 0.385 e. The van der Waals surface area contributed by atoms with E-state index in [0.717, 1.165) is 6.92 Å². The molecule has 6 nitrogen and oxygen atoms in total. The van der Waals surface area contributed by atoms with Gasteiger partial charge in [0.05, 0.1) is 6.85 Å². The topological polar surface area (TPSA) is 86.7 Å². The van der Waals surface area contributed by atoms with Gasteiger partial charge in [-0.15, -0.1) is 0 Å². The Morgan fingerprint density at radius 1 is 1.46 bits per heavy atom. The van der Waals surface area contributed by atoms with E-state index in [1.54, 1.807) is 0 Å². The first-order valence-corrected chi connectivity index (χ1v) is 8.00. The fourth-order valence-electron chi connectivity index (χ4n) is 2.53. The molecule has 0 radical (unpaired) electrons. The lowest BCUT2D eigenvalue weighted by molar-refractivity contribution is -0.137. The number of hydrogen-bond acceptors (Lipinski definition) is 4. The molecular formula is C20H28N2O4. The van der Waals surface area contributed by atoms with Gasteiger partial charge in [0.15, 0.2) is 5.78 Å². The number of ketones is 1. The minimum atomic E-state index is -3.50. The Bertz CT molecular complexity index is 1100. The number of carbonyl (C=O) groups excluding carboxylic acids is 3. The summed E-state index contributed by atoms with van der Waals surface area (Å²) in [7, 11) is 1.40. The molecule has 2 amide bonds. The number of rotatable bonds is 6. The maximum atomic E-state index is 13.0. The Morgan fingerprint density at radius 3 is 2.85 bits per heavy atom. The van der Waals surface area contributed by atoms with E-state index in [9.17, 15) is 19.5 Å².